The Balaban J connectivity index is 1.43. The van der Waals surface area contributed by atoms with Gasteiger partial charge in [-0.15, -0.1) is 0 Å². The summed E-state index contributed by atoms with van der Waals surface area (Å²) < 4.78 is 0. The van der Waals surface area contributed by atoms with Crippen LogP contribution in [0, 0.1) is 12.8 Å². The van der Waals surface area contributed by atoms with Crippen LogP contribution < -0.4 is 10.2 Å². The van der Waals surface area contributed by atoms with Gasteiger partial charge in [-0.25, -0.2) is 9.97 Å². The summed E-state index contributed by atoms with van der Waals surface area (Å²) in [4.78, 5) is 26.2. The molecule has 0 spiro atoms. The lowest BCUT2D eigenvalue weighted by molar-refractivity contribution is 0.102. The second-order valence-electron chi connectivity index (χ2n) is 8.85. The molecule has 0 bridgehead atoms. The van der Waals surface area contributed by atoms with Crippen molar-refractivity contribution in [2.45, 2.75) is 52.5 Å². The molecule has 1 aliphatic carbocycles. The number of aromatic nitrogens is 2. The molecule has 164 valence electrons. The lowest BCUT2D eigenvalue weighted by Crippen LogP contribution is -2.28. The van der Waals surface area contributed by atoms with Crippen LogP contribution >= 0.6 is 0 Å². The number of benzene rings is 1. The highest BCUT2D eigenvalue weighted by Crippen LogP contribution is 2.31. The van der Waals surface area contributed by atoms with E-state index < -0.39 is 0 Å². The van der Waals surface area contributed by atoms with Crippen molar-refractivity contribution >= 4 is 17.4 Å². The maximum Gasteiger partial charge on any atom is 0.274 e. The third-order valence-electron chi connectivity index (χ3n) is 6.13. The summed E-state index contributed by atoms with van der Waals surface area (Å²) in [5.74, 6) is 1.40. The van der Waals surface area contributed by atoms with Crippen LogP contribution in [0.25, 0.3) is 0 Å². The molecule has 1 amide bonds. The molecule has 6 nitrogen and oxygen atoms in total. The Morgan fingerprint density at radius 3 is 2.81 bits per heavy atom. The summed E-state index contributed by atoms with van der Waals surface area (Å²) in [6, 6.07) is 8.03. The molecule has 1 aromatic carbocycles. The summed E-state index contributed by atoms with van der Waals surface area (Å²) in [6.45, 7) is 12.2. The fourth-order valence-corrected chi connectivity index (χ4v) is 4.18. The first kappa shape index (κ1) is 21.3. The standard InChI is InChI=1S/C25H33N5O/c1-4-11-30(15-20-7-8-20)24-14-23(26-17-27-24)25(31)28-22-10-9-21(13-18(22)2)16-29-12-5-6-19(29)3/h9-10,13-14,17,20H,3-8,11-12,15-16H2,1-2H3,(H,28,31). The predicted molar refractivity (Wildman–Crippen MR) is 125 cm³/mol. The second kappa shape index (κ2) is 9.50. The van der Waals surface area contributed by atoms with E-state index in [2.05, 4.69) is 50.7 Å². The smallest absolute Gasteiger partial charge is 0.274 e. The Hall–Kier alpha value is -2.89. The number of hydrogen-bond acceptors (Lipinski definition) is 5. The van der Waals surface area contributed by atoms with Gasteiger partial charge in [0.05, 0.1) is 0 Å². The normalized spacial score (nSPS) is 15.9. The molecule has 6 heteroatoms. The summed E-state index contributed by atoms with van der Waals surface area (Å²) in [5, 5.41) is 3.03. The minimum atomic E-state index is -0.199. The Morgan fingerprint density at radius 2 is 2.13 bits per heavy atom. The van der Waals surface area contributed by atoms with Gasteiger partial charge in [0.25, 0.3) is 5.91 Å². The van der Waals surface area contributed by atoms with Crippen LogP contribution in [0.5, 0.6) is 0 Å². The predicted octanol–water partition coefficient (Wildman–Crippen LogP) is 4.77. The second-order valence-corrected chi connectivity index (χ2v) is 8.85. The molecular formula is C25H33N5O. The lowest BCUT2D eigenvalue weighted by Gasteiger charge is -2.23. The molecule has 0 atom stereocenters. The number of amides is 1. The van der Waals surface area contributed by atoms with Gasteiger partial charge >= 0.3 is 0 Å². The summed E-state index contributed by atoms with van der Waals surface area (Å²) in [5.41, 5.74) is 4.72. The Labute approximate surface area is 185 Å². The van der Waals surface area contributed by atoms with E-state index in [0.717, 1.165) is 62.0 Å². The maximum atomic E-state index is 12.9. The van der Waals surface area contributed by atoms with E-state index in [1.165, 1.54) is 36.9 Å². The molecule has 1 aliphatic heterocycles. The molecule has 1 N–H and O–H groups in total. The van der Waals surface area contributed by atoms with E-state index in [1.54, 1.807) is 0 Å². The van der Waals surface area contributed by atoms with Crippen LogP contribution in [0.1, 0.15) is 60.6 Å². The fraction of sp³-hybridized carbons (Fsp3) is 0.480. The van der Waals surface area contributed by atoms with Gasteiger partial charge in [0.1, 0.15) is 17.8 Å². The van der Waals surface area contributed by atoms with Gasteiger partial charge in [-0.3, -0.25) is 4.79 Å². The van der Waals surface area contributed by atoms with Crippen LogP contribution in [-0.4, -0.2) is 40.4 Å². The fourth-order valence-electron chi connectivity index (χ4n) is 4.18. The first-order valence-corrected chi connectivity index (χ1v) is 11.4. The van der Waals surface area contributed by atoms with Crippen LogP contribution in [-0.2, 0) is 6.54 Å². The van der Waals surface area contributed by atoms with Gasteiger partial charge in [-0.1, -0.05) is 25.6 Å². The largest absolute Gasteiger partial charge is 0.371 e. The highest BCUT2D eigenvalue weighted by Gasteiger charge is 2.25. The zero-order chi connectivity index (χ0) is 21.8. The third kappa shape index (κ3) is 5.43. The monoisotopic (exact) mass is 419 g/mol. The first-order chi connectivity index (χ1) is 15.0. The van der Waals surface area contributed by atoms with Crippen molar-refractivity contribution in [3.8, 4) is 0 Å². The maximum absolute atomic E-state index is 12.9. The Bertz CT molecular complexity index is 953. The molecule has 2 aromatic rings. The van der Waals surface area contributed by atoms with Crippen LogP contribution in [0.15, 0.2) is 42.9 Å². The van der Waals surface area contributed by atoms with Gasteiger partial charge in [-0.05, 0) is 62.1 Å². The molecule has 2 aliphatic rings. The van der Waals surface area contributed by atoms with Crippen molar-refractivity contribution in [3.63, 3.8) is 0 Å². The van der Waals surface area contributed by atoms with Crippen LogP contribution in [0.2, 0.25) is 0 Å². The molecule has 1 saturated heterocycles. The number of hydrogen-bond donors (Lipinski definition) is 1. The highest BCUT2D eigenvalue weighted by atomic mass is 16.1. The zero-order valence-electron chi connectivity index (χ0n) is 18.7. The average molecular weight is 420 g/mol. The van der Waals surface area contributed by atoms with Gasteiger partial charge < -0.3 is 15.1 Å². The van der Waals surface area contributed by atoms with Gasteiger partial charge in [0.15, 0.2) is 0 Å². The van der Waals surface area contributed by atoms with Crippen molar-refractivity contribution < 1.29 is 4.79 Å². The minimum absolute atomic E-state index is 0.199. The number of carbonyl (C=O) groups excluding carboxylic acids is 1. The Kier molecular flexibility index (Phi) is 6.54. The molecule has 4 rings (SSSR count). The molecule has 2 heterocycles. The molecule has 1 saturated carbocycles. The number of likely N-dealkylation sites (tertiary alicyclic amines) is 1. The van der Waals surface area contributed by atoms with Crippen molar-refractivity contribution in [3.05, 3.63) is 59.7 Å². The lowest BCUT2D eigenvalue weighted by atomic mass is 10.1. The molecule has 1 aromatic heterocycles. The number of allylic oxidation sites excluding steroid dienone is 1. The van der Waals surface area contributed by atoms with Gasteiger partial charge in [0, 0.05) is 43.6 Å². The van der Waals surface area contributed by atoms with Gasteiger partial charge in [-0.2, -0.15) is 0 Å². The van der Waals surface area contributed by atoms with Crippen LogP contribution in [0.4, 0.5) is 11.5 Å². The van der Waals surface area contributed by atoms with E-state index in [4.69, 9.17) is 0 Å². The number of nitrogens with one attached hydrogen (secondary N) is 1. The summed E-state index contributed by atoms with van der Waals surface area (Å²) >= 11 is 0. The summed E-state index contributed by atoms with van der Waals surface area (Å²) in [6.07, 6.45) is 7.40. The number of aryl methyl sites for hydroxylation is 1. The van der Waals surface area contributed by atoms with Crippen LogP contribution in [0.3, 0.4) is 0 Å². The Morgan fingerprint density at radius 1 is 1.29 bits per heavy atom. The number of carbonyl (C=O) groups is 1. The van der Waals surface area contributed by atoms with Crippen molar-refractivity contribution in [1.29, 1.82) is 0 Å². The van der Waals surface area contributed by atoms with E-state index in [9.17, 15) is 4.79 Å². The number of anilines is 2. The van der Waals surface area contributed by atoms with E-state index >= 15 is 0 Å². The highest BCUT2D eigenvalue weighted by molar-refractivity contribution is 6.03. The van der Waals surface area contributed by atoms with E-state index in [0.29, 0.717) is 5.69 Å². The molecule has 0 radical (unpaired) electrons. The minimum Gasteiger partial charge on any atom is -0.371 e. The number of nitrogens with zero attached hydrogens (tertiary/aromatic N) is 4. The van der Waals surface area contributed by atoms with Gasteiger partial charge in [0.2, 0.25) is 0 Å². The van der Waals surface area contributed by atoms with Crippen molar-refractivity contribution in [2.75, 3.05) is 29.9 Å². The zero-order valence-corrected chi connectivity index (χ0v) is 18.7. The quantitative estimate of drug-likeness (QED) is 0.634. The molecular weight excluding hydrogens is 386 g/mol. The third-order valence-corrected chi connectivity index (χ3v) is 6.13. The van der Waals surface area contributed by atoms with E-state index in [-0.39, 0.29) is 5.91 Å². The SMILES string of the molecule is C=C1CCCN1Cc1ccc(NC(=O)c2cc(N(CCC)CC3CC3)ncn2)c(C)c1. The molecule has 31 heavy (non-hydrogen) atoms. The molecule has 2 fully saturated rings. The van der Waals surface area contributed by atoms with Crippen molar-refractivity contribution in [1.82, 2.24) is 14.9 Å². The molecule has 0 unspecified atom stereocenters. The van der Waals surface area contributed by atoms with E-state index in [1.807, 2.05) is 19.1 Å². The number of rotatable bonds is 9. The topological polar surface area (TPSA) is 61.4 Å². The summed E-state index contributed by atoms with van der Waals surface area (Å²) in [7, 11) is 0. The average Bonchev–Trinajstić information content (AvgIpc) is 3.50. The first-order valence-electron chi connectivity index (χ1n) is 11.4. The van der Waals surface area contributed by atoms with Crippen molar-refractivity contribution in [2.24, 2.45) is 5.92 Å².